The van der Waals surface area contributed by atoms with Crippen molar-refractivity contribution in [1.29, 1.82) is 0 Å². The number of hydrogen-bond acceptors (Lipinski definition) is 3. The van der Waals surface area contributed by atoms with Crippen LogP contribution in [0.15, 0.2) is 54.9 Å². The first-order chi connectivity index (χ1) is 14.5. The molecular formula is C24H20FN3O2. The van der Waals surface area contributed by atoms with E-state index in [2.05, 4.69) is 4.98 Å². The van der Waals surface area contributed by atoms with Crippen LogP contribution in [0.25, 0.3) is 33.3 Å². The van der Waals surface area contributed by atoms with Crippen LogP contribution in [0.3, 0.4) is 0 Å². The molecule has 1 saturated carbocycles. The molecule has 0 unspecified atom stereocenters. The number of hydrogen-bond donors (Lipinski definition) is 2. The van der Waals surface area contributed by atoms with Gasteiger partial charge in [-0.3, -0.25) is 4.98 Å². The Morgan fingerprint density at radius 2 is 1.97 bits per heavy atom. The molecule has 5 nitrogen and oxygen atoms in total. The maximum Gasteiger partial charge on any atom is 0.340 e. The van der Waals surface area contributed by atoms with Crippen molar-refractivity contribution in [3.8, 4) is 22.4 Å². The molecule has 0 aliphatic heterocycles. The smallest absolute Gasteiger partial charge is 0.340 e. The first-order valence-corrected chi connectivity index (χ1v) is 9.81. The molecule has 0 amide bonds. The van der Waals surface area contributed by atoms with Crippen LogP contribution < -0.4 is 5.73 Å². The number of carboxylic acid groups (broad SMARTS) is 1. The van der Waals surface area contributed by atoms with Crippen LogP contribution >= 0.6 is 0 Å². The highest BCUT2D eigenvalue weighted by Gasteiger charge is 2.30. The van der Waals surface area contributed by atoms with Crippen molar-refractivity contribution in [3.05, 3.63) is 71.8 Å². The predicted molar refractivity (Wildman–Crippen MR) is 115 cm³/mol. The van der Waals surface area contributed by atoms with Gasteiger partial charge in [-0.05, 0) is 42.5 Å². The van der Waals surface area contributed by atoms with Crippen molar-refractivity contribution in [3.63, 3.8) is 0 Å². The molecule has 2 aromatic carbocycles. The average molecular weight is 401 g/mol. The van der Waals surface area contributed by atoms with Gasteiger partial charge in [0.05, 0.1) is 11.4 Å². The molecule has 2 aromatic heterocycles. The lowest BCUT2D eigenvalue weighted by Gasteiger charge is -2.13. The monoisotopic (exact) mass is 401 g/mol. The van der Waals surface area contributed by atoms with Gasteiger partial charge in [0.15, 0.2) is 0 Å². The Hall–Kier alpha value is -3.67. The molecule has 0 bridgehead atoms. The summed E-state index contributed by atoms with van der Waals surface area (Å²) in [4.78, 5) is 16.5. The molecule has 150 valence electrons. The minimum absolute atomic E-state index is 0.0297. The predicted octanol–water partition coefficient (Wildman–Crippen LogP) is 5.20. The molecule has 3 N–H and O–H groups in total. The van der Waals surface area contributed by atoms with Gasteiger partial charge in [-0.15, -0.1) is 0 Å². The van der Waals surface area contributed by atoms with Crippen LogP contribution in [0.2, 0.25) is 0 Å². The fourth-order valence-corrected chi connectivity index (χ4v) is 4.13. The van der Waals surface area contributed by atoms with Gasteiger partial charge in [-0.25, -0.2) is 9.18 Å². The quantitative estimate of drug-likeness (QED) is 0.492. The van der Waals surface area contributed by atoms with Gasteiger partial charge in [0.25, 0.3) is 0 Å². The van der Waals surface area contributed by atoms with Crippen molar-refractivity contribution in [1.82, 2.24) is 9.55 Å². The second-order valence-corrected chi connectivity index (χ2v) is 7.80. The van der Waals surface area contributed by atoms with Gasteiger partial charge in [0.1, 0.15) is 11.4 Å². The second-order valence-electron chi connectivity index (χ2n) is 7.80. The normalized spacial score (nSPS) is 13.7. The van der Waals surface area contributed by atoms with E-state index in [0.717, 1.165) is 34.9 Å². The van der Waals surface area contributed by atoms with Crippen molar-refractivity contribution in [2.24, 2.45) is 7.05 Å². The largest absolute Gasteiger partial charge is 0.478 e. The summed E-state index contributed by atoms with van der Waals surface area (Å²) in [5.41, 5.74) is 10.5. The molecule has 1 aliphatic rings. The van der Waals surface area contributed by atoms with Gasteiger partial charge < -0.3 is 15.4 Å². The van der Waals surface area contributed by atoms with E-state index >= 15 is 0 Å². The zero-order valence-electron chi connectivity index (χ0n) is 16.4. The first-order valence-electron chi connectivity index (χ1n) is 9.81. The molecule has 4 aromatic rings. The Kier molecular flexibility index (Phi) is 4.10. The van der Waals surface area contributed by atoms with E-state index in [1.165, 1.54) is 6.07 Å². The first kappa shape index (κ1) is 18.4. The molecule has 6 heteroatoms. The third-order valence-electron chi connectivity index (χ3n) is 5.81. The Bertz CT molecular complexity index is 1320. The Morgan fingerprint density at radius 3 is 2.67 bits per heavy atom. The van der Waals surface area contributed by atoms with E-state index < -0.39 is 5.97 Å². The van der Waals surface area contributed by atoms with Gasteiger partial charge in [0.2, 0.25) is 0 Å². The van der Waals surface area contributed by atoms with Gasteiger partial charge in [-0.2, -0.15) is 0 Å². The molecule has 2 heterocycles. The maximum atomic E-state index is 14.5. The molecule has 1 fully saturated rings. The summed E-state index contributed by atoms with van der Waals surface area (Å²) >= 11 is 0. The third-order valence-corrected chi connectivity index (χ3v) is 5.81. The van der Waals surface area contributed by atoms with Gasteiger partial charge in [0, 0.05) is 47.0 Å². The summed E-state index contributed by atoms with van der Waals surface area (Å²) < 4.78 is 16.4. The highest BCUT2D eigenvalue weighted by Crippen LogP contribution is 2.44. The number of halogens is 1. The van der Waals surface area contributed by atoms with Crippen LogP contribution in [0.4, 0.5) is 10.1 Å². The molecule has 5 rings (SSSR count). The zero-order valence-corrected chi connectivity index (χ0v) is 16.4. The van der Waals surface area contributed by atoms with Crippen LogP contribution in [0.5, 0.6) is 0 Å². The summed E-state index contributed by atoms with van der Waals surface area (Å²) in [6.07, 6.45) is 5.59. The van der Waals surface area contributed by atoms with E-state index in [-0.39, 0.29) is 17.1 Å². The standard InChI is InChI=1S/C24H20FN3O2/c1-28-12-18(15-4-2-3-5-19(15)25)16-10-14(8-9-20(16)28)23-21(24(29)30)22(26)17(11-27-23)13-6-7-13/h2-5,8-13H,6-7H2,1H3,(H2,26,27)(H,29,30). The number of aromatic carboxylic acids is 1. The van der Waals surface area contributed by atoms with Crippen molar-refractivity contribution < 1.29 is 14.3 Å². The zero-order chi connectivity index (χ0) is 21.0. The van der Waals surface area contributed by atoms with Crippen molar-refractivity contribution >= 4 is 22.6 Å². The highest BCUT2D eigenvalue weighted by atomic mass is 19.1. The fraction of sp³-hybridized carbons (Fsp3) is 0.167. The molecule has 1 aliphatic carbocycles. The Balaban J connectivity index is 1.73. The second kappa shape index (κ2) is 6.69. The molecule has 30 heavy (non-hydrogen) atoms. The topological polar surface area (TPSA) is 81.1 Å². The van der Waals surface area contributed by atoms with E-state index in [4.69, 9.17) is 5.73 Å². The number of carbonyl (C=O) groups is 1. The minimum Gasteiger partial charge on any atom is -0.478 e. The summed E-state index contributed by atoms with van der Waals surface area (Å²) in [6, 6.07) is 12.2. The number of carboxylic acids is 1. The summed E-state index contributed by atoms with van der Waals surface area (Å²) in [5.74, 6) is -1.10. The number of fused-ring (bicyclic) bond motifs is 1. The number of aryl methyl sites for hydroxylation is 1. The summed E-state index contributed by atoms with van der Waals surface area (Å²) in [5, 5.41) is 10.7. The number of nitrogen functional groups attached to an aromatic ring is 1. The summed E-state index contributed by atoms with van der Waals surface area (Å²) in [6.45, 7) is 0. The minimum atomic E-state index is -1.10. The van der Waals surface area contributed by atoms with E-state index in [0.29, 0.717) is 22.7 Å². The van der Waals surface area contributed by atoms with Crippen molar-refractivity contribution in [2.45, 2.75) is 18.8 Å². The number of benzene rings is 2. The fourth-order valence-electron chi connectivity index (χ4n) is 4.13. The van der Waals surface area contributed by atoms with E-state index in [9.17, 15) is 14.3 Å². The van der Waals surface area contributed by atoms with Gasteiger partial charge >= 0.3 is 5.97 Å². The number of rotatable bonds is 4. The highest BCUT2D eigenvalue weighted by molar-refractivity contribution is 6.03. The van der Waals surface area contributed by atoms with E-state index in [1.807, 2.05) is 36.0 Å². The Labute approximate surface area is 172 Å². The van der Waals surface area contributed by atoms with Gasteiger partial charge in [-0.1, -0.05) is 24.3 Å². The average Bonchev–Trinajstić information content (AvgIpc) is 3.51. The summed E-state index contributed by atoms with van der Waals surface area (Å²) in [7, 11) is 1.90. The lowest BCUT2D eigenvalue weighted by atomic mass is 9.97. The molecular weight excluding hydrogens is 381 g/mol. The molecule has 0 radical (unpaired) electrons. The lowest BCUT2D eigenvalue weighted by Crippen LogP contribution is -2.09. The number of aromatic nitrogens is 2. The molecule has 0 saturated heterocycles. The number of nitrogens with two attached hydrogens (primary N) is 1. The van der Waals surface area contributed by atoms with E-state index in [1.54, 1.807) is 24.4 Å². The maximum absolute atomic E-state index is 14.5. The molecule has 0 spiro atoms. The van der Waals surface area contributed by atoms with Crippen LogP contribution in [-0.2, 0) is 7.05 Å². The van der Waals surface area contributed by atoms with Crippen molar-refractivity contribution in [2.75, 3.05) is 5.73 Å². The van der Waals surface area contributed by atoms with Crippen LogP contribution in [-0.4, -0.2) is 20.6 Å². The molecule has 0 atom stereocenters. The Morgan fingerprint density at radius 1 is 1.20 bits per heavy atom. The third kappa shape index (κ3) is 2.84. The lowest BCUT2D eigenvalue weighted by molar-refractivity contribution is 0.0698. The number of nitrogens with zero attached hydrogens (tertiary/aromatic N) is 2. The van der Waals surface area contributed by atoms with Crippen LogP contribution in [0, 0.1) is 5.82 Å². The van der Waals surface area contributed by atoms with Crippen LogP contribution in [0.1, 0.15) is 34.7 Å². The SMILES string of the molecule is Cn1cc(-c2ccccc2F)c2cc(-c3ncc(C4CC4)c(N)c3C(=O)O)ccc21. The number of pyridine rings is 1. The number of anilines is 1.